The van der Waals surface area contributed by atoms with Gasteiger partial charge in [0.1, 0.15) is 5.69 Å². The Labute approximate surface area is 229 Å². The lowest BCUT2D eigenvalue weighted by atomic mass is 10.0. The lowest BCUT2D eigenvalue weighted by Gasteiger charge is -2.34. The third kappa shape index (κ3) is 5.02. The number of aryl methyl sites for hydroxylation is 4. The molecule has 4 aromatic rings. The van der Waals surface area contributed by atoms with Crippen molar-refractivity contribution in [1.29, 1.82) is 0 Å². The van der Waals surface area contributed by atoms with E-state index in [1.807, 2.05) is 21.7 Å². The molecule has 2 aliphatic heterocycles. The number of hydrogen-bond donors (Lipinski definition) is 0. The number of nitrogens with zero attached hydrogens (tertiary/aromatic N) is 4. The van der Waals surface area contributed by atoms with Crippen LogP contribution in [0.1, 0.15) is 38.3 Å². The molecule has 0 spiro atoms. The number of carbonyl (C=O) groups excluding carboxylic acids is 1. The van der Waals surface area contributed by atoms with E-state index in [0.29, 0.717) is 18.8 Å². The smallest absolute Gasteiger partial charge is 0.272 e. The van der Waals surface area contributed by atoms with Gasteiger partial charge in [0.25, 0.3) is 5.91 Å². The molecule has 0 atom stereocenters. The minimum atomic E-state index is 0.0150. The first-order valence-electron chi connectivity index (χ1n) is 13.5. The normalized spacial score (nSPS) is 15.1. The molecular formula is C32H34N4O3. The average molecular weight is 523 g/mol. The van der Waals surface area contributed by atoms with Crippen LogP contribution in [0.25, 0.3) is 16.9 Å². The summed E-state index contributed by atoms with van der Waals surface area (Å²) in [5, 5.41) is 4.98. The van der Waals surface area contributed by atoms with Crippen LogP contribution in [0.15, 0.2) is 60.7 Å². The fourth-order valence-electron chi connectivity index (χ4n) is 5.28. The van der Waals surface area contributed by atoms with E-state index < -0.39 is 0 Å². The molecule has 6 rings (SSSR count). The van der Waals surface area contributed by atoms with E-state index in [4.69, 9.17) is 14.6 Å². The Balaban J connectivity index is 1.24. The monoisotopic (exact) mass is 522 g/mol. The molecule has 7 nitrogen and oxygen atoms in total. The maximum absolute atomic E-state index is 14.0. The Hall–Kier alpha value is -4.10. The van der Waals surface area contributed by atoms with Crippen molar-refractivity contribution in [1.82, 2.24) is 19.6 Å². The van der Waals surface area contributed by atoms with Crippen molar-refractivity contribution in [3.63, 3.8) is 0 Å². The Morgan fingerprint density at radius 1 is 0.795 bits per heavy atom. The summed E-state index contributed by atoms with van der Waals surface area (Å²) >= 11 is 0. The van der Waals surface area contributed by atoms with Crippen molar-refractivity contribution in [3.8, 4) is 28.4 Å². The molecule has 200 valence electrons. The molecule has 0 N–H and O–H groups in total. The van der Waals surface area contributed by atoms with Crippen LogP contribution in [-0.2, 0) is 6.54 Å². The maximum atomic E-state index is 14.0. The Morgan fingerprint density at radius 2 is 1.56 bits per heavy atom. The molecule has 1 aromatic heterocycles. The number of piperazine rings is 1. The molecule has 0 saturated carbocycles. The number of amides is 1. The zero-order valence-electron chi connectivity index (χ0n) is 23.0. The van der Waals surface area contributed by atoms with Gasteiger partial charge in [-0.25, -0.2) is 4.68 Å². The first-order valence-corrected chi connectivity index (χ1v) is 13.5. The minimum absolute atomic E-state index is 0.0150. The summed E-state index contributed by atoms with van der Waals surface area (Å²) in [4.78, 5) is 18.3. The molecule has 7 heteroatoms. The van der Waals surface area contributed by atoms with Crippen LogP contribution in [0.5, 0.6) is 11.5 Å². The molecule has 39 heavy (non-hydrogen) atoms. The van der Waals surface area contributed by atoms with Gasteiger partial charge >= 0.3 is 0 Å². The van der Waals surface area contributed by atoms with Gasteiger partial charge in [-0.05, 0) is 85.8 Å². The van der Waals surface area contributed by atoms with Gasteiger partial charge in [0.15, 0.2) is 11.5 Å². The van der Waals surface area contributed by atoms with Crippen LogP contribution in [0.3, 0.4) is 0 Å². The third-order valence-corrected chi connectivity index (χ3v) is 7.83. The van der Waals surface area contributed by atoms with Gasteiger partial charge in [-0.1, -0.05) is 30.3 Å². The van der Waals surface area contributed by atoms with Crippen LogP contribution < -0.4 is 9.47 Å². The van der Waals surface area contributed by atoms with E-state index >= 15 is 0 Å². The standard InChI is InChI=1S/C32H34N4O3/c1-21-5-6-23(3)28(15-21)36-29(18-27(33-36)26-9-7-22(2)24(4)16-26)32(37)35-13-11-34(12-14-35)19-25-8-10-30-31(17-25)39-20-38-30/h5-10,15-18H,11-14,19-20H2,1-4H3. The summed E-state index contributed by atoms with van der Waals surface area (Å²) in [6.07, 6.45) is 0. The van der Waals surface area contributed by atoms with Crippen molar-refractivity contribution in [3.05, 3.63) is 94.2 Å². The molecule has 0 unspecified atom stereocenters. The van der Waals surface area contributed by atoms with Gasteiger partial charge in [-0.2, -0.15) is 5.10 Å². The highest BCUT2D eigenvalue weighted by atomic mass is 16.7. The Bertz CT molecular complexity index is 1550. The number of ether oxygens (including phenoxy) is 2. The van der Waals surface area contributed by atoms with Gasteiger partial charge < -0.3 is 14.4 Å². The molecule has 0 bridgehead atoms. The highest BCUT2D eigenvalue weighted by molar-refractivity contribution is 5.94. The first-order chi connectivity index (χ1) is 18.9. The number of fused-ring (bicyclic) bond motifs is 1. The summed E-state index contributed by atoms with van der Waals surface area (Å²) in [5.41, 5.74) is 9.21. The molecule has 1 saturated heterocycles. The van der Waals surface area contributed by atoms with Crippen LogP contribution >= 0.6 is 0 Å². The van der Waals surface area contributed by atoms with Crippen LogP contribution in [0.2, 0.25) is 0 Å². The van der Waals surface area contributed by atoms with Crippen molar-refractivity contribution < 1.29 is 14.3 Å². The zero-order valence-corrected chi connectivity index (χ0v) is 23.0. The van der Waals surface area contributed by atoms with Crippen molar-refractivity contribution in [2.24, 2.45) is 0 Å². The lowest BCUT2D eigenvalue weighted by molar-refractivity contribution is 0.0619. The van der Waals surface area contributed by atoms with Crippen molar-refractivity contribution in [2.75, 3.05) is 33.0 Å². The van der Waals surface area contributed by atoms with Crippen LogP contribution in [-0.4, -0.2) is 58.5 Å². The van der Waals surface area contributed by atoms with Crippen molar-refractivity contribution >= 4 is 5.91 Å². The molecule has 1 fully saturated rings. The SMILES string of the molecule is Cc1ccc(C)c(-n2nc(-c3ccc(C)c(C)c3)cc2C(=O)N2CCN(Cc3ccc4c(c3)OCO4)CC2)c1. The number of rotatable bonds is 5. The number of carbonyl (C=O) groups is 1. The highest BCUT2D eigenvalue weighted by Gasteiger charge is 2.27. The quantitative estimate of drug-likeness (QED) is 0.348. The average Bonchev–Trinajstić information content (AvgIpc) is 3.59. The fraction of sp³-hybridized carbons (Fsp3) is 0.312. The molecule has 1 amide bonds. The maximum Gasteiger partial charge on any atom is 0.272 e. The fourth-order valence-corrected chi connectivity index (χ4v) is 5.28. The molecule has 0 aliphatic carbocycles. The Morgan fingerprint density at radius 3 is 2.36 bits per heavy atom. The minimum Gasteiger partial charge on any atom is -0.454 e. The second-order valence-electron chi connectivity index (χ2n) is 10.7. The Kier molecular flexibility index (Phi) is 6.61. The third-order valence-electron chi connectivity index (χ3n) is 7.83. The summed E-state index contributed by atoms with van der Waals surface area (Å²) in [6.45, 7) is 12.4. The van der Waals surface area contributed by atoms with Crippen molar-refractivity contribution in [2.45, 2.75) is 34.2 Å². The van der Waals surface area contributed by atoms with E-state index in [1.54, 1.807) is 0 Å². The molecule has 3 aromatic carbocycles. The lowest BCUT2D eigenvalue weighted by Crippen LogP contribution is -2.48. The van der Waals surface area contributed by atoms with E-state index in [-0.39, 0.29) is 12.7 Å². The van der Waals surface area contributed by atoms with Gasteiger partial charge in [-0.3, -0.25) is 9.69 Å². The van der Waals surface area contributed by atoms with E-state index in [1.165, 1.54) is 16.7 Å². The predicted molar refractivity (Wildman–Crippen MR) is 152 cm³/mol. The summed E-state index contributed by atoms with van der Waals surface area (Å²) in [5.74, 6) is 1.62. The highest BCUT2D eigenvalue weighted by Crippen LogP contribution is 2.33. The largest absolute Gasteiger partial charge is 0.454 e. The van der Waals surface area contributed by atoms with Crippen LogP contribution in [0.4, 0.5) is 0 Å². The van der Waals surface area contributed by atoms with E-state index in [0.717, 1.165) is 59.2 Å². The van der Waals surface area contributed by atoms with Gasteiger partial charge in [0.05, 0.1) is 11.4 Å². The molecule has 2 aliphatic rings. The van der Waals surface area contributed by atoms with Gasteiger partial charge in [0.2, 0.25) is 6.79 Å². The second kappa shape index (κ2) is 10.2. The first kappa shape index (κ1) is 25.2. The van der Waals surface area contributed by atoms with Crippen LogP contribution in [0, 0.1) is 27.7 Å². The van der Waals surface area contributed by atoms with Gasteiger partial charge in [-0.15, -0.1) is 0 Å². The van der Waals surface area contributed by atoms with E-state index in [9.17, 15) is 4.79 Å². The second-order valence-corrected chi connectivity index (χ2v) is 10.7. The van der Waals surface area contributed by atoms with Gasteiger partial charge in [0, 0.05) is 38.3 Å². The summed E-state index contributed by atoms with van der Waals surface area (Å²) in [7, 11) is 0. The summed E-state index contributed by atoms with van der Waals surface area (Å²) in [6, 6.07) is 20.7. The molecule has 3 heterocycles. The molecule has 0 radical (unpaired) electrons. The van der Waals surface area contributed by atoms with E-state index in [2.05, 4.69) is 81.1 Å². The summed E-state index contributed by atoms with van der Waals surface area (Å²) < 4.78 is 12.8. The number of hydrogen-bond acceptors (Lipinski definition) is 5. The zero-order chi connectivity index (χ0) is 27.1. The topological polar surface area (TPSA) is 59.8 Å². The predicted octanol–water partition coefficient (Wildman–Crippen LogP) is 5.46. The molecular weight excluding hydrogens is 488 g/mol. The number of aromatic nitrogens is 2. The number of benzene rings is 3.